The predicted molar refractivity (Wildman–Crippen MR) is 119 cm³/mol. The van der Waals surface area contributed by atoms with E-state index < -0.39 is 0 Å². The fourth-order valence-corrected chi connectivity index (χ4v) is 4.00. The quantitative estimate of drug-likeness (QED) is 0.324. The molecule has 0 saturated heterocycles. The molecule has 1 aliphatic rings. The van der Waals surface area contributed by atoms with Crippen LogP contribution in [0, 0.1) is 28.6 Å². The molecule has 0 heteroatoms. The highest BCUT2D eigenvalue weighted by Crippen LogP contribution is 2.36. The Kier molecular flexibility index (Phi) is 9.98. The average molecular weight is 359 g/mol. The van der Waals surface area contributed by atoms with Crippen molar-refractivity contribution in [1.82, 2.24) is 0 Å². The molecular formula is C26H46. The van der Waals surface area contributed by atoms with Crippen LogP contribution in [0.2, 0.25) is 0 Å². The van der Waals surface area contributed by atoms with E-state index in [1.807, 2.05) is 0 Å². The van der Waals surface area contributed by atoms with Crippen molar-refractivity contribution in [1.29, 1.82) is 0 Å². The molecule has 0 fully saturated rings. The Morgan fingerprint density at radius 3 is 2.35 bits per heavy atom. The zero-order valence-electron chi connectivity index (χ0n) is 18.7. The van der Waals surface area contributed by atoms with Crippen LogP contribution < -0.4 is 0 Å². The van der Waals surface area contributed by atoms with Crippen LogP contribution in [0.1, 0.15) is 99.3 Å². The van der Waals surface area contributed by atoms with Crippen molar-refractivity contribution in [3.63, 3.8) is 0 Å². The number of hydrogen-bond donors (Lipinski definition) is 0. The van der Waals surface area contributed by atoms with Crippen LogP contribution in [-0.2, 0) is 0 Å². The van der Waals surface area contributed by atoms with E-state index in [0.29, 0.717) is 10.8 Å². The SMILES string of the molecule is C=CC(C)(CCCC(C)(C)C)CCC(C)C(C)CCC1C=CC=CCC1. The van der Waals surface area contributed by atoms with Gasteiger partial charge in [-0.1, -0.05) is 78.3 Å². The summed E-state index contributed by atoms with van der Waals surface area (Å²) in [4.78, 5) is 0. The summed E-state index contributed by atoms with van der Waals surface area (Å²) in [6, 6.07) is 0. The molecule has 0 N–H and O–H groups in total. The lowest BCUT2D eigenvalue weighted by atomic mass is 9.75. The molecule has 150 valence electrons. The first-order valence-electron chi connectivity index (χ1n) is 11.1. The highest BCUT2D eigenvalue weighted by atomic mass is 14.3. The molecule has 4 atom stereocenters. The maximum Gasteiger partial charge on any atom is -0.0149 e. The minimum atomic E-state index is 0.314. The third kappa shape index (κ3) is 9.79. The van der Waals surface area contributed by atoms with Crippen LogP contribution in [0.25, 0.3) is 0 Å². The Balaban J connectivity index is 2.34. The topological polar surface area (TPSA) is 0 Å². The molecule has 0 bridgehead atoms. The van der Waals surface area contributed by atoms with Gasteiger partial charge in [0, 0.05) is 0 Å². The second-order valence-corrected chi connectivity index (χ2v) is 10.5. The molecule has 1 rings (SSSR count). The lowest BCUT2D eigenvalue weighted by Crippen LogP contribution is -2.18. The lowest BCUT2D eigenvalue weighted by Gasteiger charge is -2.30. The van der Waals surface area contributed by atoms with E-state index in [0.717, 1.165) is 17.8 Å². The fraction of sp³-hybridized carbons (Fsp3) is 0.769. The largest absolute Gasteiger partial charge is 0.103 e. The van der Waals surface area contributed by atoms with Crippen molar-refractivity contribution in [2.45, 2.75) is 99.3 Å². The highest BCUT2D eigenvalue weighted by Gasteiger charge is 2.23. The summed E-state index contributed by atoms with van der Waals surface area (Å²) in [5, 5.41) is 0. The van der Waals surface area contributed by atoms with Crippen LogP contribution in [0.4, 0.5) is 0 Å². The third-order valence-electron chi connectivity index (χ3n) is 6.64. The lowest BCUT2D eigenvalue weighted by molar-refractivity contribution is 0.249. The van der Waals surface area contributed by atoms with Gasteiger partial charge in [0.1, 0.15) is 0 Å². The Bertz CT molecular complexity index is 447. The van der Waals surface area contributed by atoms with Crippen molar-refractivity contribution < 1.29 is 0 Å². The van der Waals surface area contributed by atoms with Gasteiger partial charge in [0.25, 0.3) is 0 Å². The van der Waals surface area contributed by atoms with E-state index in [-0.39, 0.29) is 0 Å². The molecule has 0 heterocycles. The van der Waals surface area contributed by atoms with Crippen molar-refractivity contribution in [2.75, 3.05) is 0 Å². The molecule has 0 radical (unpaired) electrons. The molecule has 0 saturated carbocycles. The van der Waals surface area contributed by atoms with E-state index >= 15 is 0 Å². The summed E-state index contributed by atoms with van der Waals surface area (Å²) < 4.78 is 0. The molecule has 0 aliphatic heterocycles. The number of hydrogen-bond acceptors (Lipinski definition) is 0. The number of allylic oxidation sites excluding steroid dienone is 5. The van der Waals surface area contributed by atoms with Crippen LogP contribution in [0.15, 0.2) is 37.0 Å². The van der Waals surface area contributed by atoms with Gasteiger partial charge in [-0.3, -0.25) is 0 Å². The predicted octanol–water partition coefficient (Wildman–Crippen LogP) is 8.75. The van der Waals surface area contributed by atoms with Crippen LogP contribution in [0.5, 0.6) is 0 Å². The maximum atomic E-state index is 4.16. The summed E-state index contributed by atoms with van der Waals surface area (Å²) in [5.74, 6) is 2.42. The first kappa shape index (κ1) is 23.3. The first-order valence-corrected chi connectivity index (χ1v) is 11.1. The van der Waals surface area contributed by atoms with Gasteiger partial charge in [0.2, 0.25) is 0 Å². The van der Waals surface area contributed by atoms with E-state index in [2.05, 4.69) is 78.5 Å². The van der Waals surface area contributed by atoms with Gasteiger partial charge in [0.15, 0.2) is 0 Å². The molecule has 26 heavy (non-hydrogen) atoms. The van der Waals surface area contributed by atoms with E-state index in [9.17, 15) is 0 Å². The van der Waals surface area contributed by atoms with Crippen LogP contribution in [-0.4, -0.2) is 0 Å². The standard InChI is InChI=1S/C26H46/c1-8-26(7,20-13-19-25(4,5)6)21-18-23(3)22(2)16-17-24-14-11-9-10-12-15-24/h8-11,14,22-24H,1,12-13,15-21H2,2-7H3. The molecule has 1 aliphatic carbocycles. The Morgan fingerprint density at radius 1 is 1.00 bits per heavy atom. The van der Waals surface area contributed by atoms with Gasteiger partial charge in [-0.2, -0.15) is 0 Å². The summed E-state index contributed by atoms with van der Waals surface area (Å²) in [6.45, 7) is 18.6. The van der Waals surface area contributed by atoms with E-state index in [1.165, 1.54) is 57.8 Å². The normalized spacial score (nSPS) is 22.5. The summed E-state index contributed by atoms with van der Waals surface area (Å²) in [5.41, 5.74) is 0.765. The molecule has 0 spiro atoms. The molecule has 4 unspecified atom stereocenters. The molecular weight excluding hydrogens is 312 g/mol. The summed E-state index contributed by atoms with van der Waals surface area (Å²) in [7, 11) is 0. The Morgan fingerprint density at radius 2 is 1.69 bits per heavy atom. The minimum Gasteiger partial charge on any atom is -0.103 e. The minimum absolute atomic E-state index is 0.314. The highest BCUT2D eigenvalue weighted by molar-refractivity contribution is 5.07. The van der Waals surface area contributed by atoms with Crippen molar-refractivity contribution in [3.05, 3.63) is 37.0 Å². The van der Waals surface area contributed by atoms with E-state index in [1.54, 1.807) is 0 Å². The van der Waals surface area contributed by atoms with Gasteiger partial charge in [-0.25, -0.2) is 0 Å². The second kappa shape index (κ2) is 11.2. The van der Waals surface area contributed by atoms with Crippen molar-refractivity contribution >= 4 is 0 Å². The fourth-order valence-electron chi connectivity index (χ4n) is 4.00. The van der Waals surface area contributed by atoms with E-state index in [4.69, 9.17) is 0 Å². The monoisotopic (exact) mass is 358 g/mol. The van der Waals surface area contributed by atoms with Crippen LogP contribution >= 0.6 is 0 Å². The molecule has 0 aromatic carbocycles. The second-order valence-electron chi connectivity index (χ2n) is 10.5. The smallest absolute Gasteiger partial charge is 0.0149 e. The van der Waals surface area contributed by atoms with Gasteiger partial charge < -0.3 is 0 Å². The molecule has 0 aromatic heterocycles. The van der Waals surface area contributed by atoms with Gasteiger partial charge in [-0.15, -0.1) is 6.58 Å². The van der Waals surface area contributed by atoms with Gasteiger partial charge in [-0.05, 0) is 80.0 Å². The molecule has 0 aromatic rings. The Labute approximate surface area is 165 Å². The maximum absolute atomic E-state index is 4.16. The first-order chi connectivity index (χ1) is 12.2. The molecule has 0 nitrogen and oxygen atoms in total. The van der Waals surface area contributed by atoms with Crippen molar-refractivity contribution in [3.8, 4) is 0 Å². The molecule has 0 amide bonds. The van der Waals surface area contributed by atoms with Gasteiger partial charge in [0.05, 0.1) is 0 Å². The van der Waals surface area contributed by atoms with Crippen molar-refractivity contribution in [2.24, 2.45) is 28.6 Å². The summed E-state index contributed by atoms with van der Waals surface area (Å²) in [6.07, 6.45) is 23.3. The third-order valence-corrected chi connectivity index (χ3v) is 6.64. The Hall–Kier alpha value is -0.780. The van der Waals surface area contributed by atoms with Gasteiger partial charge >= 0.3 is 0 Å². The van der Waals surface area contributed by atoms with Crippen LogP contribution in [0.3, 0.4) is 0 Å². The zero-order chi connectivity index (χ0) is 19.6. The summed E-state index contributed by atoms with van der Waals surface area (Å²) >= 11 is 0. The zero-order valence-corrected chi connectivity index (χ0v) is 18.7. The number of rotatable bonds is 11. The average Bonchev–Trinajstić information content (AvgIpc) is 2.85.